The fourth-order valence-corrected chi connectivity index (χ4v) is 11.5. The molecule has 95 heavy (non-hydrogen) atoms. The SMILES string of the molecule is [2H]C([2H])(C(=O)N(CCN(CC)CC)Cc1ccc(-c2ccc(C(F)(F)F)cc2)cc1)n1c(SCc2ccc(F)cc2)nc(=O)c2c1CCC2.[2H]c1c([2H])c(CSc2nc(=O)c3c(n2C([2H])([2H])C(=O)N(CCN(C([2H])([2H])C)C([2H])([2H])C)Cc2c([2H])c([2H])c(-c4c([2H])c([2H])c(C(F)(F)F)c(C)c4[2H])c([2H])c2[2H])C([2H])([2H])C([2H])([2H])C3([2H])[2H])c([2H])c([2H])c1F. The molecule has 2 heterocycles. The van der Waals surface area contributed by atoms with Crippen LogP contribution < -0.4 is 11.1 Å². The molecule has 2 amide bonds. The number of rotatable bonds is 26. The van der Waals surface area contributed by atoms with Gasteiger partial charge in [-0.2, -0.15) is 36.3 Å². The Labute approximate surface area is 592 Å². The van der Waals surface area contributed by atoms with Crippen molar-refractivity contribution in [3.05, 3.63) is 233 Å². The zero-order chi connectivity index (χ0) is 90.1. The zero-order valence-electron chi connectivity index (χ0n) is 76.7. The molecule has 2 aromatic heterocycles. The number of fused-ring (bicyclic) bond motifs is 2. The van der Waals surface area contributed by atoms with E-state index >= 15 is 4.79 Å². The lowest BCUT2D eigenvalue weighted by Crippen LogP contribution is -2.40. The Morgan fingerprint density at radius 2 is 1.07 bits per heavy atom. The van der Waals surface area contributed by atoms with Crippen molar-refractivity contribution < 1.29 is 79.0 Å². The molecule has 2 aliphatic rings. The van der Waals surface area contributed by atoms with Gasteiger partial charge in [-0.05, 0) is 164 Å². The summed E-state index contributed by atoms with van der Waals surface area (Å²) in [5.74, 6) is -5.30. The van der Waals surface area contributed by atoms with Crippen LogP contribution in [-0.2, 0) is 85.1 Å². The number of hydrogen-bond acceptors (Lipinski definition) is 10. The van der Waals surface area contributed by atoms with Gasteiger partial charge in [0.15, 0.2) is 10.3 Å². The van der Waals surface area contributed by atoms with Crippen LogP contribution in [0.2, 0.25) is 0 Å². The van der Waals surface area contributed by atoms with Crippen molar-refractivity contribution >= 4 is 35.3 Å². The minimum absolute atomic E-state index is 0.0304. The van der Waals surface area contributed by atoms with Crippen LogP contribution in [0.15, 0.2) is 159 Å². The number of hydrogen-bond donors (Lipinski definition) is 0. The number of carbonyl (C=O) groups excluding carboxylic acids is 2. The quantitative estimate of drug-likeness (QED) is 0.0295. The number of amides is 2. The summed E-state index contributed by atoms with van der Waals surface area (Å²) in [7, 11) is 0. The van der Waals surface area contributed by atoms with Crippen molar-refractivity contribution in [1.82, 2.24) is 38.7 Å². The Hall–Kier alpha value is -7.92. The number of aromatic nitrogens is 4. The molecule has 0 bridgehead atoms. The van der Waals surface area contributed by atoms with E-state index in [1.807, 2.05) is 13.8 Å². The largest absolute Gasteiger partial charge is 0.416 e. The maximum Gasteiger partial charge on any atom is 0.416 e. The van der Waals surface area contributed by atoms with E-state index in [0.717, 1.165) is 63.3 Å². The fourth-order valence-electron chi connectivity index (χ4n) is 9.80. The van der Waals surface area contributed by atoms with Crippen molar-refractivity contribution in [2.45, 2.75) is 133 Å². The van der Waals surface area contributed by atoms with Crippen LogP contribution in [-0.4, -0.2) is 103 Å². The van der Waals surface area contributed by atoms with Gasteiger partial charge in [0.1, 0.15) is 24.6 Å². The first-order chi connectivity index (χ1) is 55.3. The number of benzene rings is 6. The highest BCUT2D eigenvalue weighted by Crippen LogP contribution is 2.36. The van der Waals surface area contributed by atoms with E-state index in [0.29, 0.717) is 63.6 Å². The first kappa shape index (κ1) is 44.7. The highest BCUT2D eigenvalue weighted by atomic mass is 32.2. The first-order valence-electron chi connectivity index (χ1n) is 42.0. The first-order valence-corrected chi connectivity index (χ1v) is 31.4. The predicted molar refractivity (Wildman–Crippen MR) is 358 cm³/mol. The molecule has 12 nitrogen and oxygen atoms in total. The molecule has 0 N–H and O–H groups in total. The number of alkyl halides is 6. The molecular weight excluding hydrogens is 1270 g/mol. The van der Waals surface area contributed by atoms with E-state index in [1.54, 1.807) is 36.4 Å². The van der Waals surface area contributed by atoms with Crippen molar-refractivity contribution in [2.24, 2.45) is 0 Å². The third-order valence-electron chi connectivity index (χ3n) is 14.9. The van der Waals surface area contributed by atoms with Crippen LogP contribution in [0.5, 0.6) is 0 Å². The third-order valence-corrected chi connectivity index (χ3v) is 16.9. The van der Waals surface area contributed by atoms with E-state index in [9.17, 15) is 55.0 Å². The molecular formula is C73H78F8N8O4S2. The lowest BCUT2D eigenvalue weighted by Gasteiger charge is -2.28. The second kappa shape index (κ2) is 32.7. The molecule has 0 atom stereocenters. The molecule has 10 rings (SSSR count). The summed E-state index contributed by atoms with van der Waals surface area (Å²) in [4.78, 5) is 68.5. The second-order valence-corrected chi connectivity index (χ2v) is 23.0. The van der Waals surface area contributed by atoms with Gasteiger partial charge in [0.2, 0.25) is 11.8 Å². The Kier molecular flexibility index (Phi) is 15.4. The average Bonchev–Trinajstić information content (AvgIpc) is 1.51. The summed E-state index contributed by atoms with van der Waals surface area (Å²) < 4.78 is 325. The lowest BCUT2D eigenvalue weighted by molar-refractivity contribution is -0.138. The van der Waals surface area contributed by atoms with Crippen LogP contribution >= 0.6 is 23.5 Å². The van der Waals surface area contributed by atoms with Crippen molar-refractivity contribution in [3.8, 4) is 22.3 Å². The van der Waals surface area contributed by atoms with Crippen molar-refractivity contribution in [1.29, 1.82) is 0 Å². The van der Waals surface area contributed by atoms with Gasteiger partial charge >= 0.3 is 12.4 Å². The summed E-state index contributed by atoms with van der Waals surface area (Å²) in [6, 6.07) is 5.13. The van der Waals surface area contributed by atoms with Crippen molar-refractivity contribution in [3.63, 3.8) is 0 Å². The van der Waals surface area contributed by atoms with Gasteiger partial charge in [-0.15, -0.1) is 0 Å². The van der Waals surface area contributed by atoms with Crippen LogP contribution in [0.3, 0.4) is 0 Å². The Balaban J connectivity index is 0.000000291. The maximum atomic E-state index is 15.1. The van der Waals surface area contributed by atoms with Crippen molar-refractivity contribution in [2.75, 3.05) is 52.3 Å². The summed E-state index contributed by atoms with van der Waals surface area (Å²) >= 11 is 1.23. The van der Waals surface area contributed by atoms with Gasteiger partial charge in [-0.3, -0.25) is 19.2 Å². The summed E-state index contributed by atoms with van der Waals surface area (Å²) in [5.41, 5.74) is -8.00. The Morgan fingerprint density at radius 3 is 1.64 bits per heavy atom. The van der Waals surface area contributed by atoms with Crippen LogP contribution in [0.4, 0.5) is 35.1 Å². The van der Waals surface area contributed by atoms with Gasteiger partial charge in [0.25, 0.3) is 11.1 Å². The standard InChI is InChI=1S/C37H40F4N4O2S.C36H38F4N4O2S/c1-4-43(5-2)19-20-44(22-26-9-13-28(14-10-26)29-15-18-32(25(3)21-29)37(39,40)41)34(46)23-45-33-8-6-7-31(33)35(47)42-36(45)48-24-27-11-16-30(38)17-12-27;1-3-42(4-2)20-21-43(22-25-8-12-27(13-9-25)28-14-16-29(17-15-28)36(38,39)40)33(45)23-44-32-7-5-6-31(32)34(46)41-35(44)47-24-26-10-18-30(37)19-11-26/h9-18,21H,4-8,19-20,22-24H2,1-3H3;8-19H,3-7,20-24H2,1-2H3/i4D2,5D2,6D2,7D2,8D2,9D,10D,11D,12D,13D,14D,15D,16D,17D,18D,21D,23D2;23D2. The molecule has 0 fully saturated rings. The van der Waals surface area contributed by atoms with E-state index in [1.165, 1.54) is 33.7 Å². The Morgan fingerprint density at radius 1 is 0.558 bits per heavy atom. The highest BCUT2D eigenvalue weighted by molar-refractivity contribution is 7.98. The zero-order valence-corrected chi connectivity index (χ0v) is 53.3. The minimum Gasteiger partial charge on any atom is -0.336 e. The number of thioether (sulfide) groups is 2. The number of likely N-dealkylation sites (N-methyl/N-ethyl adjacent to an activating group) is 2. The minimum atomic E-state index is -5.24. The molecule has 0 saturated heterocycles. The number of carbonyl (C=O) groups is 2. The summed E-state index contributed by atoms with van der Waals surface area (Å²) in [6.45, 7) is -6.09. The molecule has 0 radical (unpaired) electrons. The molecule has 0 spiro atoms. The number of nitrogens with zero attached hydrogens (tertiary/aromatic N) is 8. The van der Waals surface area contributed by atoms with Crippen LogP contribution in [0.25, 0.3) is 22.3 Å². The van der Waals surface area contributed by atoms with Gasteiger partial charge in [-0.1, -0.05) is 148 Å². The lowest BCUT2D eigenvalue weighted by atomic mass is 9.98. The molecule has 8 aromatic rings. The predicted octanol–water partition coefficient (Wildman–Crippen LogP) is 14.7. The van der Waals surface area contributed by atoms with Gasteiger partial charge in [0.05, 0.1) is 31.7 Å². The average molecular weight is 1370 g/mol. The normalized spacial score (nSPS) is 18.8. The Bertz CT molecular complexity index is 5310. The molecule has 0 saturated carbocycles. The van der Waals surface area contributed by atoms with E-state index in [-0.39, 0.29) is 46.1 Å². The van der Waals surface area contributed by atoms with E-state index in [4.69, 9.17) is 28.8 Å². The highest BCUT2D eigenvalue weighted by Gasteiger charge is 2.33. The van der Waals surface area contributed by atoms with Crippen LogP contribution in [0.1, 0.15) is 136 Å². The molecule has 0 unspecified atom stereocenters. The van der Waals surface area contributed by atoms with Gasteiger partial charge in [-0.25, -0.2) is 8.78 Å². The second-order valence-electron chi connectivity index (χ2n) is 21.1. The van der Waals surface area contributed by atoms with E-state index < -0.39 is 233 Å². The third kappa shape index (κ3) is 19.0. The maximum absolute atomic E-state index is 15.1. The fraction of sp³-hybridized carbons (Fsp3) is 0.370. The smallest absolute Gasteiger partial charge is 0.336 e. The number of halogens is 8. The van der Waals surface area contributed by atoms with Gasteiger partial charge < -0.3 is 28.7 Å². The topological polar surface area (TPSA) is 117 Å². The van der Waals surface area contributed by atoms with E-state index in [2.05, 4.69) is 14.9 Å². The molecule has 0 aliphatic heterocycles. The summed E-state index contributed by atoms with van der Waals surface area (Å²) in [5, 5.41) is -1.02. The van der Waals surface area contributed by atoms with Crippen LogP contribution in [0, 0.1) is 18.6 Å². The molecule has 22 heteroatoms. The monoisotopic (exact) mass is 1370 g/mol. The molecule has 6 aromatic carbocycles. The molecule has 2 aliphatic carbocycles. The summed E-state index contributed by atoms with van der Waals surface area (Å²) in [6.07, 6.45) is -19.3. The molecule has 502 valence electrons. The van der Waals surface area contributed by atoms with Gasteiger partial charge in [0, 0.05) is 87.0 Å².